The SMILES string of the molecule is Nc1c(Cl)cc(F)cc1Cc1ccccn1. The lowest BCUT2D eigenvalue weighted by Crippen LogP contribution is -1.99. The van der Waals surface area contributed by atoms with Crippen LogP contribution in [0.25, 0.3) is 0 Å². The van der Waals surface area contributed by atoms with E-state index in [1.165, 1.54) is 12.1 Å². The molecule has 2 rings (SSSR count). The Labute approximate surface area is 97.9 Å². The molecule has 1 aromatic heterocycles. The van der Waals surface area contributed by atoms with E-state index < -0.39 is 0 Å². The molecule has 0 aliphatic carbocycles. The average molecular weight is 237 g/mol. The van der Waals surface area contributed by atoms with Crippen LogP contribution in [0.2, 0.25) is 5.02 Å². The first-order valence-electron chi connectivity index (χ1n) is 4.80. The molecule has 1 aromatic carbocycles. The number of hydrogen-bond acceptors (Lipinski definition) is 2. The van der Waals surface area contributed by atoms with Crippen molar-refractivity contribution in [1.82, 2.24) is 4.98 Å². The standard InChI is InChI=1S/C12H10ClFN2/c13-11-7-9(14)5-8(12(11)15)6-10-3-1-2-4-16-10/h1-5,7H,6,15H2. The topological polar surface area (TPSA) is 38.9 Å². The molecule has 0 fully saturated rings. The number of benzene rings is 1. The second kappa shape index (κ2) is 4.49. The molecule has 16 heavy (non-hydrogen) atoms. The van der Waals surface area contributed by atoms with Crippen LogP contribution in [0.5, 0.6) is 0 Å². The maximum absolute atomic E-state index is 13.2. The van der Waals surface area contributed by atoms with Crippen LogP contribution in [0, 0.1) is 5.82 Å². The summed E-state index contributed by atoms with van der Waals surface area (Å²) >= 11 is 5.80. The van der Waals surface area contributed by atoms with E-state index in [1.807, 2.05) is 18.2 Å². The Morgan fingerprint density at radius 2 is 2.12 bits per heavy atom. The summed E-state index contributed by atoms with van der Waals surface area (Å²) in [5.74, 6) is -0.384. The molecule has 0 radical (unpaired) electrons. The third-order valence-electron chi connectivity index (χ3n) is 2.28. The summed E-state index contributed by atoms with van der Waals surface area (Å²) in [4.78, 5) is 4.15. The molecule has 0 aliphatic rings. The molecule has 82 valence electrons. The van der Waals surface area contributed by atoms with Crippen LogP contribution in [0.15, 0.2) is 36.5 Å². The molecule has 0 bridgehead atoms. The van der Waals surface area contributed by atoms with E-state index in [0.717, 1.165) is 5.69 Å². The molecule has 0 aliphatic heterocycles. The minimum atomic E-state index is -0.384. The Bertz CT molecular complexity index is 500. The molecule has 0 atom stereocenters. The molecular weight excluding hydrogens is 227 g/mol. The minimum absolute atomic E-state index is 0.242. The maximum Gasteiger partial charge on any atom is 0.125 e. The van der Waals surface area contributed by atoms with E-state index in [4.69, 9.17) is 17.3 Å². The number of hydrogen-bond donors (Lipinski definition) is 1. The van der Waals surface area contributed by atoms with Crippen LogP contribution in [-0.2, 0) is 6.42 Å². The van der Waals surface area contributed by atoms with Gasteiger partial charge < -0.3 is 5.73 Å². The quantitative estimate of drug-likeness (QED) is 0.814. The highest BCUT2D eigenvalue weighted by atomic mass is 35.5. The Kier molecular flexibility index (Phi) is 3.06. The second-order valence-electron chi connectivity index (χ2n) is 3.46. The fourth-order valence-electron chi connectivity index (χ4n) is 1.48. The zero-order valence-electron chi connectivity index (χ0n) is 8.45. The van der Waals surface area contributed by atoms with Gasteiger partial charge in [-0.15, -0.1) is 0 Å². The molecular formula is C12H10ClFN2. The van der Waals surface area contributed by atoms with Crippen molar-refractivity contribution in [1.29, 1.82) is 0 Å². The molecule has 0 unspecified atom stereocenters. The average Bonchev–Trinajstić information content (AvgIpc) is 2.27. The van der Waals surface area contributed by atoms with Crippen molar-refractivity contribution in [2.75, 3.05) is 5.73 Å². The highest BCUT2D eigenvalue weighted by molar-refractivity contribution is 6.33. The summed E-state index contributed by atoms with van der Waals surface area (Å²) in [6, 6.07) is 8.15. The highest BCUT2D eigenvalue weighted by Crippen LogP contribution is 2.25. The lowest BCUT2D eigenvalue weighted by Gasteiger charge is -2.07. The highest BCUT2D eigenvalue weighted by Gasteiger charge is 2.07. The van der Waals surface area contributed by atoms with Gasteiger partial charge in [0.25, 0.3) is 0 Å². The number of rotatable bonds is 2. The van der Waals surface area contributed by atoms with E-state index in [-0.39, 0.29) is 10.8 Å². The van der Waals surface area contributed by atoms with Gasteiger partial charge >= 0.3 is 0 Å². The van der Waals surface area contributed by atoms with Crippen LogP contribution in [0.4, 0.5) is 10.1 Å². The minimum Gasteiger partial charge on any atom is -0.397 e. The van der Waals surface area contributed by atoms with Crippen molar-refractivity contribution in [2.45, 2.75) is 6.42 Å². The maximum atomic E-state index is 13.2. The lowest BCUT2D eigenvalue weighted by molar-refractivity contribution is 0.626. The third kappa shape index (κ3) is 2.31. The summed E-state index contributed by atoms with van der Waals surface area (Å²) < 4.78 is 13.2. The van der Waals surface area contributed by atoms with E-state index >= 15 is 0 Å². The van der Waals surface area contributed by atoms with Gasteiger partial charge in [-0.1, -0.05) is 17.7 Å². The van der Waals surface area contributed by atoms with Crippen LogP contribution in [-0.4, -0.2) is 4.98 Å². The molecule has 2 aromatic rings. The lowest BCUT2D eigenvalue weighted by atomic mass is 10.1. The smallest absolute Gasteiger partial charge is 0.125 e. The molecule has 1 heterocycles. The molecule has 0 saturated heterocycles. The Balaban J connectivity index is 2.35. The number of nitrogen functional groups attached to an aromatic ring is 1. The van der Waals surface area contributed by atoms with E-state index in [0.29, 0.717) is 17.7 Å². The van der Waals surface area contributed by atoms with Gasteiger partial charge in [-0.05, 0) is 29.8 Å². The number of pyridine rings is 1. The Morgan fingerprint density at radius 1 is 1.31 bits per heavy atom. The summed E-state index contributed by atoms with van der Waals surface area (Å²) in [6.07, 6.45) is 2.16. The predicted octanol–water partition coefficient (Wildman–Crippen LogP) is 3.05. The molecule has 0 amide bonds. The van der Waals surface area contributed by atoms with Gasteiger partial charge in [-0.2, -0.15) is 0 Å². The van der Waals surface area contributed by atoms with Crippen molar-refractivity contribution in [3.63, 3.8) is 0 Å². The van der Waals surface area contributed by atoms with Gasteiger partial charge in [0, 0.05) is 18.3 Å². The van der Waals surface area contributed by atoms with Crippen LogP contribution in [0.1, 0.15) is 11.3 Å². The summed E-state index contributed by atoms with van der Waals surface area (Å²) in [5, 5.41) is 0.242. The van der Waals surface area contributed by atoms with Gasteiger partial charge in [0.15, 0.2) is 0 Å². The summed E-state index contributed by atoms with van der Waals surface area (Å²) in [5.41, 5.74) is 7.67. The van der Waals surface area contributed by atoms with Gasteiger partial charge in [0.1, 0.15) is 5.82 Å². The van der Waals surface area contributed by atoms with Crippen molar-refractivity contribution in [3.05, 3.63) is 58.6 Å². The van der Waals surface area contributed by atoms with E-state index in [1.54, 1.807) is 6.20 Å². The van der Waals surface area contributed by atoms with Crippen molar-refractivity contribution < 1.29 is 4.39 Å². The summed E-state index contributed by atoms with van der Waals surface area (Å²) in [6.45, 7) is 0. The molecule has 4 heteroatoms. The Morgan fingerprint density at radius 3 is 2.81 bits per heavy atom. The fraction of sp³-hybridized carbons (Fsp3) is 0.0833. The monoisotopic (exact) mass is 236 g/mol. The van der Waals surface area contributed by atoms with E-state index in [9.17, 15) is 4.39 Å². The summed E-state index contributed by atoms with van der Waals surface area (Å²) in [7, 11) is 0. The van der Waals surface area contributed by atoms with E-state index in [2.05, 4.69) is 4.98 Å². The van der Waals surface area contributed by atoms with Gasteiger partial charge in [-0.3, -0.25) is 4.98 Å². The normalized spacial score (nSPS) is 10.4. The molecule has 0 saturated carbocycles. The first kappa shape index (κ1) is 10.9. The number of nitrogens with zero attached hydrogens (tertiary/aromatic N) is 1. The number of halogens is 2. The zero-order chi connectivity index (χ0) is 11.5. The van der Waals surface area contributed by atoms with Gasteiger partial charge in [-0.25, -0.2) is 4.39 Å². The largest absolute Gasteiger partial charge is 0.397 e. The second-order valence-corrected chi connectivity index (χ2v) is 3.87. The Hall–Kier alpha value is -1.61. The van der Waals surface area contributed by atoms with Crippen molar-refractivity contribution in [2.24, 2.45) is 0 Å². The first-order valence-corrected chi connectivity index (χ1v) is 5.18. The van der Waals surface area contributed by atoms with Gasteiger partial charge in [0.2, 0.25) is 0 Å². The van der Waals surface area contributed by atoms with Crippen molar-refractivity contribution in [3.8, 4) is 0 Å². The number of nitrogens with two attached hydrogens (primary N) is 1. The number of aromatic nitrogens is 1. The molecule has 2 N–H and O–H groups in total. The zero-order valence-corrected chi connectivity index (χ0v) is 9.21. The molecule has 2 nitrogen and oxygen atoms in total. The van der Waals surface area contributed by atoms with Crippen LogP contribution < -0.4 is 5.73 Å². The van der Waals surface area contributed by atoms with Gasteiger partial charge in [0.05, 0.1) is 10.7 Å². The number of anilines is 1. The fourth-order valence-corrected chi connectivity index (χ4v) is 1.71. The van der Waals surface area contributed by atoms with Crippen molar-refractivity contribution >= 4 is 17.3 Å². The van der Waals surface area contributed by atoms with Crippen LogP contribution >= 0.6 is 11.6 Å². The molecule has 0 spiro atoms. The predicted molar refractivity (Wildman–Crippen MR) is 62.9 cm³/mol. The first-order chi connectivity index (χ1) is 7.66. The van der Waals surface area contributed by atoms with Crippen LogP contribution in [0.3, 0.4) is 0 Å². The third-order valence-corrected chi connectivity index (χ3v) is 2.59.